The third-order valence-electron chi connectivity index (χ3n) is 16.9. The average Bonchev–Trinajstić information content (AvgIpc) is 1.57. The van der Waals surface area contributed by atoms with Crippen LogP contribution in [0.15, 0.2) is 72.9 Å². The molecule has 5 atom stereocenters. The number of esters is 3. The van der Waals surface area contributed by atoms with Crippen molar-refractivity contribution in [3.63, 3.8) is 0 Å². The van der Waals surface area contributed by atoms with Gasteiger partial charge in [0.1, 0.15) is 25.4 Å². The van der Waals surface area contributed by atoms with Crippen LogP contribution in [0.3, 0.4) is 0 Å². The van der Waals surface area contributed by atoms with Crippen molar-refractivity contribution in [2.45, 2.75) is 373 Å². The number of allylic oxidation sites excluding steroid dienone is 12. The quantitative estimate of drug-likeness (QED) is 0.0146. The summed E-state index contributed by atoms with van der Waals surface area (Å²) in [5.41, 5.74) is 0. The van der Waals surface area contributed by atoms with Crippen LogP contribution in [0.5, 0.6) is 0 Å². The van der Waals surface area contributed by atoms with Gasteiger partial charge >= 0.3 is 33.6 Å². The van der Waals surface area contributed by atoms with Crippen LogP contribution < -0.4 is 0 Å². The first-order chi connectivity index (χ1) is 47.2. The molecule has 0 spiro atoms. The fraction of sp³-hybridized carbons (Fsp3) is 0.810. The van der Waals surface area contributed by atoms with Crippen LogP contribution in [0, 0.1) is 0 Å². The number of hydrogen-bond acceptors (Lipinski definition) is 14. The Kier molecular flexibility index (Phi) is 70.5. The molecule has 0 aromatic carbocycles. The lowest BCUT2D eigenvalue weighted by molar-refractivity contribution is -0.161. The van der Waals surface area contributed by atoms with E-state index in [1.165, 1.54) is 193 Å². The van der Waals surface area contributed by atoms with E-state index in [1.807, 2.05) is 0 Å². The number of phosphoric acid groups is 2. The third kappa shape index (κ3) is 74.0. The largest absolute Gasteiger partial charge is 0.472 e. The summed E-state index contributed by atoms with van der Waals surface area (Å²) in [6.45, 7) is 2.62. The Morgan fingerprint density at radius 3 is 0.866 bits per heavy atom. The maximum atomic E-state index is 12.9. The number of phosphoric ester groups is 2. The van der Waals surface area contributed by atoms with E-state index in [-0.39, 0.29) is 19.3 Å². The first kappa shape index (κ1) is 94.0. The minimum absolute atomic E-state index is 0.113. The molecule has 0 heterocycles. The first-order valence-corrected chi connectivity index (χ1v) is 42.2. The summed E-state index contributed by atoms with van der Waals surface area (Å²) in [6.07, 6.45) is 79.8. The van der Waals surface area contributed by atoms with Gasteiger partial charge in [0.25, 0.3) is 0 Å². The SMILES string of the molecule is CC/C=C\C/C=C\C/C=C\C/C=C\C/C=C\C/C=C\CCCCCCCCCCCCCCCCCCC(=O)OCC(O)COP(=O)(O)OCC(O)COP(=O)(O)OCC(COC(=O)CCCCCCCCCCCCCCC)OC(=O)CCCCCCCCCCCCCCC. The van der Waals surface area contributed by atoms with Gasteiger partial charge in [0.2, 0.25) is 0 Å². The summed E-state index contributed by atoms with van der Waals surface area (Å²) in [5, 5.41) is 20.6. The number of rotatable bonds is 75. The fourth-order valence-corrected chi connectivity index (χ4v) is 12.6. The number of hydrogen-bond donors (Lipinski definition) is 4. The molecule has 0 radical (unpaired) electrons. The highest BCUT2D eigenvalue weighted by Crippen LogP contribution is 2.45. The van der Waals surface area contributed by atoms with Crippen LogP contribution in [-0.2, 0) is 55.8 Å². The molecule has 5 unspecified atom stereocenters. The van der Waals surface area contributed by atoms with Gasteiger partial charge in [-0.1, -0.05) is 338 Å². The fourth-order valence-electron chi connectivity index (χ4n) is 11.0. The normalized spacial score (nSPS) is 14.4. The van der Waals surface area contributed by atoms with E-state index in [0.717, 1.165) is 103 Å². The summed E-state index contributed by atoms with van der Waals surface area (Å²) in [7, 11) is -9.76. The van der Waals surface area contributed by atoms with Gasteiger partial charge in [-0.3, -0.25) is 32.5 Å². The van der Waals surface area contributed by atoms with Crippen molar-refractivity contribution >= 4 is 33.6 Å². The summed E-state index contributed by atoms with van der Waals surface area (Å²) >= 11 is 0. The standard InChI is InChI=1S/C79H144O16P2/c1-4-7-10-13-16-19-22-25-26-27-28-29-30-31-32-33-34-35-36-37-38-39-40-41-42-43-44-45-46-49-51-53-56-59-62-65-77(82)89-68-74(80)69-91-96(85,86)92-70-75(81)71-93-97(87,88)94-73-76(95-79(84)67-64-61-58-55-52-48-24-21-18-15-12-9-6-3)72-90-78(83)66-63-60-57-54-50-47-23-20-17-14-11-8-5-2/h7,10,16,19,25-26,28-29,31-32,34-35,74-76,80-81H,4-6,8-9,11-15,17-18,20-24,27,30,33,36-73H2,1-3H3,(H,85,86)(H,87,88)/b10-7-,19-16-,26-25-,29-28-,32-31-,35-34-. The highest BCUT2D eigenvalue weighted by molar-refractivity contribution is 7.47. The summed E-state index contributed by atoms with van der Waals surface area (Å²) < 4.78 is 61.0. The zero-order valence-electron chi connectivity index (χ0n) is 61.8. The number of aliphatic hydroxyl groups is 2. The molecule has 97 heavy (non-hydrogen) atoms. The predicted octanol–water partition coefficient (Wildman–Crippen LogP) is 22.7. The van der Waals surface area contributed by atoms with Gasteiger partial charge in [-0.05, 0) is 70.6 Å². The summed E-state index contributed by atoms with van der Waals surface area (Å²) in [5.74, 6) is -1.55. The van der Waals surface area contributed by atoms with E-state index in [9.17, 15) is 43.5 Å². The molecule has 0 amide bonds. The number of carbonyl (C=O) groups excluding carboxylic acids is 3. The van der Waals surface area contributed by atoms with Crippen molar-refractivity contribution in [2.24, 2.45) is 0 Å². The monoisotopic (exact) mass is 1410 g/mol. The van der Waals surface area contributed by atoms with Crippen molar-refractivity contribution in [1.82, 2.24) is 0 Å². The Labute approximate surface area is 592 Å². The minimum Gasteiger partial charge on any atom is -0.463 e. The van der Waals surface area contributed by atoms with E-state index in [4.69, 9.17) is 32.3 Å². The Morgan fingerprint density at radius 1 is 0.299 bits per heavy atom. The third-order valence-corrected chi connectivity index (χ3v) is 18.8. The number of ether oxygens (including phenoxy) is 3. The lowest BCUT2D eigenvalue weighted by atomic mass is 10.0. The van der Waals surface area contributed by atoms with E-state index < -0.39 is 91.5 Å². The maximum absolute atomic E-state index is 12.9. The Balaban J connectivity index is 4.28. The molecule has 16 nitrogen and oxygen atoms in total. The number of unbranched alkanes of at least 4 members (excludes halogenated alkanes) is 40. The van der Waals surface area contributed by atoms with Crippen LogP contribution in [0.1, 0.15) is 355 Å². The van der Waals surface area contributed by atoms with E-state index in [1.54, 1.807) is 0 Å². The molecule has 18 heteroatoms. The summed E-state index contributed by atoms with van der Waals surface area (Å²) in [4.78, 5) is 58.4. The molecule has 0 aromatic heterocycles. The molecule has 0 aliphatic carbocycles. The van der Waals surface area contributed by atoms with Crippen molar-refractivity contribution in [3.8, 4) is 0 Å². The van der Waals surface area contributed by atoms with E-state index in [0.29, 0.717) is 19.3 Å². The molecule has 0 aliphatic rings. The van der Waals surface area contributed by atoms with Crippen LogP contribution in [-0.4, -0.2) is 95.9 Å². The number of aliphatic hydroxyl groups excluding tert-OH is 2. The molecule has 566 valence electrons. The van der Waals surface area contributed by atoms with Crippen LogP contribution >= 0.6 is 15.6 Å². The minimum atomic E-state index is -4.91. The maximum Gasteiger partial charge on any atom is 0.472 e. The Bertz CT molecular complexity index is 2060. The second-order valence-electron chi connectivity index (χ2n) is 26.5. The van der Waals surface area contributed by atoms with Gasteiger partial charge in [0.05, 0.1) is 26.4 Å². The molecule has 0 aromatic rings. The molecule has 0 bridgehead atoms. The van der Waals surface area contributed by atoms with E-state index >= 15 is 0 Å². The molecule has 0 saturated heterocycles. The van der Waals surface area contributed by atoms with Crippen molar-refractivity contribution in [2.75, 3.05) is 39.6 Å². The first-order valence-electron chi connectivity index (χ1n) is 39.2. The average molecular weight is 1410 g/mol. The van der Waals surface area contributed by atoms with Gasteiger partial charge in [-0.15, -0.1) is 0 Å². The summed E-state index contributed by atoms with van der Waals surface area (Å²) in [6, 6.07) is 0. The van der Waals surface area contributed by atoms with Crippen LogP contribution in [0.25, 0.3) is 0 Å². The topological polar surface area (TPSA) is 231 Å². The number of carbonyl (C=O) groups is 3. The smallest absolute Gasteiger partial charge is 0.463 e. The zero-order valence-corrected chi connectivity index (χ0v) is 63.5. The molecule has 0 fully saturated rings. The molecule has 0 rings (SSSR count). The van der Waals surface area contributed by atoms with Crippen molar-refractivity contribution in [1.29, 1.82) is 0 Å². The predicted molar refractivity (Wildman–Crippen MR) is 399 cm³/mol. The molecular weight excluding hydrogens is 1270 g/mol. The second-order valence-corrected chi connectivity index (χ2v) is 29.4. The van der Waals surface area contributed by atoms with Gasteiger partial charge in [-0.25, -0.2) is 9.13 Å². The molecular formula is C79H144O16P2. The highest BCUT2D eigenvalue weighted by Gasteiger charge is 2.29. The second kappa shape index (κ2) is 72.8. The van der Waals surface area contributed by atoms with Gasteiger partial charge in [0, 0.05) is 19.3 Å². The van der Waals surface area contributed by atoms with Gasteiger partial charge in [0.15, 0.2) is 6.10 Å². The Morgan fingerprint density at radius 2 is 0.546 bits per heavy atom. The van der Waals surface area contributed by atoms with Gasteiger partial charge in [-0.2, -0.15) is 0 Å². The lowest BCUT2D eigenvalue weighted by Gasteiger charge is -2.21. The lowest BCUT2D eigenvalue weighted by Crippen LogP contribution is -2.30. The van der Waals surface area contributed by atoms with Crippen LogP contribution in [0.4, 0.5) is 0 Å². The highest BCUT2D eigenvalue weighted by atomic mass is 31.2. The Hall–Kier alpha value is -3.01. The van der Waals surface area contributed by atoms with Gasteiger partial charge < -0.3 is 34.2 Å². The molecule has 0 saturated carbocycles. The molecule has 0 aliphatic heterocycles. The van der Waals surface area contributed by atoms with E-state index in [2.05, 4.69) is 93.7 Å². The van der Waals surface area contributed by atoms with Crippen molar-refractivity contribution in [3.05, 3.63) is 72.9 Å². The zero-order chi connectivity index (χ0) is 70.9. The molecule has 4 N–H and O–H groups in total. The van der Waals surface area contributed by atoms with Crippen LogP contribution in [0.2, 0.25) is 0 Å². The van der Waals surface area contributed by atoms with Crippen molar-refractivity contribution < 1.29 is 75.8 Å².